The Morgan fingerprint density at radius 1 is 1.17 bits per heavy atom. The van der Waals surface area contributed by atoms with E-state index in [1.807, 2.05) is 6.07 Å². The van der Waals surface area contributed by atoms with Gasteiger partial charge >= 0.3 is 6.18 Å². The van der Waals surface area contributed by atoms with Crippen molar-refractivity contribution in [3.05, 3.63) is 58.6 Å². The summed E-state index contributed by atoms with van der Waals surface area (Å²) in [5, 5.41) is -0.531. The van der Waals surface area contributed by atoms with Gasteiger partial charge in [-0.25, -0.2) is 8.42 Å². The molecule has 0 aromatic heterocycles. The Hall–Kier alpha value is -1.73. The second-order valence-corrected chi connectivity index (χ2v) is 7.84. The van der Waals surface area contributed by atoms with Crippen LogP contribution in [-0.4, -0.2) is 14.5 Å². The molecule has 1 aliphatic heterocycles. The van der Waals surface area contributed by atoms with E-state index in [0.717, 1.165) is 17.7 Å². The number of sulfonamides is 1. The third-order valence-electron chi connectivity index (χ3n) is 3.94. The topological polar surface area (TPSA) is 37.4 Å². The van der Waals surface area contributed by atoms with Crippen LogP contribution in [0.3, 0.4) is 0 Å². The molecule has 0 saturated heterocycles. The number of anilines is 1. The molecule has 0 radical (unpaired) electrons. The van der Waals surface area contributed by atoms with Crippen LogP contribution in [-0.2, 0) is 22.6 Å². The van der Waals surface area contributed by atoms with E-state index in [2.05, 4.69) is 0 Å². The minimum atomic E-state index is -4.73. The molecule has 1 heterocycles. The average Bonchev–Trinajstić information content (AvgIpc) is 2.82. The Kier molecular flexibility index (Phi) is 4.04. The van der Waals surface area contributed by atoms with Gasteiger partial charge in [-0.3, -0.25) is 4.31 Å². The molecule has 0 saturated carbocycles. The first kappa shape index (κ1) is 17.1. The summed E-state index contributed by atoms with van der Waals surface area (Å²) in [6, 6.07) is 9.23. The molecule has 8 heteroatoms. The maximum Gasteiger partial charge on any atom is 0.417 e. The van der Waals surface area contributed by atoms with Crippen LogP contribution in [0.4, 0.5) is 18.9 Å². The summed E-state index contributed by atoms with van der Waals surface area (Å²) in [6.07, 6.45) is -4.22. The lowest BCUT2D eigenvalue weighted by Crippen LogP contribution is -2.35. The second-order valence-electron chi connectivity index (χ2n) is 5.62. The number of benzene rings is 2. The van der Waals surface area contributed by atoms with Gasteiger partial charge in [0.25, 0.3) is 10.0 Å². The van der Waals surface area contributed by atoms with E-state index in [-0.39, 0.29) is 6.04 Å². The number of fused-ring (bicyclic) bond motifs is 1. The maximum absolute atomic E-state index is 13.0. The third-order valence-corrected chi connectivity index (χ3v) is 6.20. The van der Waals surface area contributed by atoms with Crippen molar-refractivity contribution in [1.29, 1.82) is 0 Å². The predicted molar refractivity (Wildman–Crippen MR) is 85.7 cm³/mol. The monoisotopic (exact) mass is 375 g/mol. The Labute approximate surface area is 142 Å². The number of hydrogen-bond acceptors (Lipinski definition) is 2. The Balaban J connectivity index is 2.13. The van der Waals surface area contributed by atoms with Gasteiger partial charge in [0.05, 0.1) is 21.2 Å². The van der Waals surface area contributed by atoms with E-state index >= 15 is 0 Å². The first-order chi connectivity index (χ1) is 11.1. The van der Waals surface area contributed by atoms with Crippen molar-refractivity contribution in [2.45, 2.75) is 30.5 Å². The molecule has 24 heavy (non-hydrogen) atoms. The van der Waals surface area contributed by atoms with Crippen molar-refractivity contribution in [3.63, 3.8) is 0 Å². The summed E-state index contributed by atoms with van der Waals surface area (Å²) < 4.78 is 66.1. The average molecular weight is 376 g/mol. The van der Waals surface area contributed by atoms with Gasteiger partial charge in [0.2, 0.25) is 0 Å². The molecule has 0 amide bonds. The van der Waals surface area contributed by atoms with Gasteiger partial charge in [0, 0.05) is 6.04 Å². The van der Waals surface area contributed by atoms with Gasteiger partial charge in [-0.2, -0.15) is 13.2 Å². The van der Waals surface area contributed by atoms with Gasteiger partial charge in [0.1, 0.15) is 0 Å². The number of para-hydroxylation sites is 1. The summed E-state index contributed by atoms with van der Waals surface area (Å²) in [5.74, 6) is 0. The minimum Gasteiger partial charge on any atom is -0.263 e. The zero-order chi connectivity index (χ0) is 17.7. The van der Waals surface area contributed by atoms with Crippen molar-refractivity contribution in [2.24, 2.45) is 0 Å². The fourth-order valence-corrected chi connectivity index (χ4v) is 4.84. The third kappa shape index (κ3) is 2.75. The molecule has 0 N–H and O–H groups in total. The summed E-state index contributed by atoms with van der Waals surface area (Å²) in [5.41, 5.74) is 0.178. The highest BCUT2D eigenvalue weighted by atomic mass is 35.5. The molecule has 0 spiro atoms. The first-order valence-electron chi connectivity index (χ1n) is 7.11. The molecule has 2 aromatic carbocycles. The summed E-state index contributed by atoms with van der Waals surface area (Å²) in [4.78, 5) is -0.428. The zero-order valence-electron chi connectivity index (χ0n) is 12.5. The number of rotatable bonds is 2. The van der Waals surface area contributed by atoms with Crippen molar-refractivity contribution in [1.82, 2.24) is 0 Å². The Morgan fingerprint density at radius 2 is 1.83 bits per heavy atom. The summed E-state index contributed by atoms with van der Waals surface area (Å²) >= 11 is 5.57. The van der Waals surface area contributed by atoms with Gasteiger partial charge in [0.15, 0.2) is 0 Å². The number of alkyl halides is 3. The van der Waals surface area contributed by atoms with Crippen molar-refractivity contribution in [3.8, 4) is 0 Å². The van der Waals surface area contributed by atoms with Gasteiger partial charge in [-0.1, -0.05) is 29.8 Å². The molecule has 2 aromatic rings. The van der Waals surface area contributed by atoms with E-state index in [1.165, 1.54) is 4.31 Å². The maximum atomic E-state index is 13.0. The molecular weight excluding hydrogens is 363 g/mol. The van der Waals surface area contributed by atoms with Crippen LogP contribution < -0.4 is 4.31 Å². The lowest BCUT2D eigenvalue weighted by atomic mass is 10.1. The lowest BCUT2D eigenvalue weighted by Gasteiger charge is -2.25. The van der Waals surface area contributed by atoms with Crippen molar-refractivity contribution in [2.75, 3.05) is 4.31 Å². The fraction of sp³-hybridized carbons (Fsp3) is 0.250. The van der Waals surface area contributed by atoms with Crippen LogP contribution in [0.1, 0.15) is 18.1 Å². The number of halogens is 4. The summed E-state index contributed by atoms with van der Waals surface area (Å²) in [6.45, 7) is 1.72. The molecular formula is C16H13ClF3NO2S. The first-order valence-corrected chi connectivity index (χ1v) is 8.93. The smallest absolute Gasteiger partial charge is 0.263 e. The minimum absolute atomic E-state index is 0.377. The van der Waals surface area contributed by atoms with Gasteiger partial charge in [-0.05, 0) is 43.2 Å². The Bertz CT molecular complexity index is 896. The molecule has 3 rings (SSSR count). The molecule has 1 unspecified atom stereocenters. The largest absolute Gasteiger partial charge is 0.417 e. The van der Waals surface area contributed by atoms with E-state index in [1.54, 1.807) is 25.1 Å². The molecule has 0 bridgehead atoms. The van der Waals surface area contributed by atoms with Crippen molar-refractivity contribution >= 4 is 27.3 Å². The molecule has 3 nitrogen and oxygen atoms in total. The molecule has 1 atom stereocenters. The summed E-state index contributed by atoms with van der Waals surface area (Å²) in [7, 11) is -4.13. The van der Waals surface area contributed by atoms with Crippen LogP contribution in [0, 0.1) is 0 Å². The van der Waals surface area contributed by atoms with E-state index in [4.69, 9.17) is 11.6 Å². The van der Waals surface area contributed by atoms with E-state index < -0.39 is 31.7 Å². The molecule has 0 fully saturated rings. The number of hydrogen-bond donors (Lipinski definition) is 0. The SMILES string of the molecule is CC1Cc2ccccc2N1S(=O)(=O)c1ccc(Cl)c(C(F)(F)F)c1. The van der Waals surface area contributed by atoms with Gasteiger partial charge in [-0.15, -0.1) is 0 Å². The Morgan fingerprint density at radius 3 is 2.50 bits per heavy atom. The quantitative estimate of drug-likeness (QED) is 0.775. The van der Waals surface area contributed by atoms with E-state index in [9.17, 15) is 21.6 Å². The van der Waals surface area contributed by atoms with Crippen LogP contribution >= 0.6 is 11.6 Å². The fourth-order valence-electron chi connectivity index (χ4n) is 2.90. The zero-order valence-corrected chi connectivity index (χ0v) is 14.1. The standard InChI is InChI=1S/C16H13ClF3NO2S/c1-10-8-11-4-2-3-5-15(11)21(10)24(22,23)12-6-7-14(17)13(9-12)16(18,19)20/h2-7,9-10H,8H2,1H3. The van der Waals surface area contributed by atoms with Crippen LogP contribution in [0.5, 0.6) is 0 Å². The van der Waals surface area contributed by atoms with E-state index in [0.29, 0.717) is 18.2 Å². The number of nitrogens with zero attached hydrogens (tertiary/aromatic N) is 1. The van der Waals surface area contributed by atoms with Crippen LogP contribution in [0.25, 0.3) is 0 Å². The molecule has 1 aliphatic rings. The second kappa shape index (κ2) is 5.67. The molecule has 128 valence electrons. The highest BCUT2D eigenvalue weighted by Gasteiger charge is 2.38. The molecule has 0 aliphatic carbocycles. The van der Waals surface area contributed by atoms with Crippen molar-refractivity contribution < 1.29 is 21.6 Å². The highest BCUT2D eigenvalue weighted by Crippen LogP contribution is 2.39. The normalized spacial score (nSPS) is 17.9. The van der Waals surface area contributed by atoms with Gasteiger partial charge < -0.3 is 0 Å². The lowest BCUT2D eigenvalue weighted by molar-refractivity contribution is -0.137. The highest BCUT2D eigenvalue weighted by molar-refractivity contribution is 7.92. The van der Waals surface area contributed by atoms with Crippen LogP contribution in [0.15, 0.2) is 47.4 Å². The predicted octanol–water partition coefficient (Wildman–Crippen LogP) is 4.50. The van der Waals surface area contributed by atoms with Crippen LogP contribution in [0.2, 0.25) is 5.02 Å².